The molecule has 0 radical (unpaired) electrons. The maximum Gasteiger partial charge on any atom is 0.160 e. The Kier molecular flexibility index (Phi) is 10.4. The van der Waals surface area contributed by atoms with E-state index in [1.54, 1.807) is 0 Å². The smallest absolute Gasteiger partial charge is 0.160 e. The maximum atomic E-state index is 6.60. The molecule has 4 heteroatoms. The van der Waals surface area contributed by atoms with Crippen LogP contribution in [0.25, 0.3) is 72.4 Å². The number of aliphatic imine (C=N–C) groups is 2. The number of hydrogen-bond donors (Lipinski definition) is 0. The number of rotatable bonds is 7. The summed E-state index contributed by atoms with van der Waals surface area (Å²) in [7, 11) is 0. The lowest BCUT2D eigenvalue weighted by molar-refractivity contribution is 0.579. The second kappa shape index (κ2) is 17.3. The topological polar surface area (TPSA) is 50.8 Å². The molecule has 320 valence electrons. The Balaban J connectivity index is 0.956. The predicted octanol–water partition coefficient (Wildman–Crippen LogP) is 16.2. The third kappa shape index (κ3) is 7.71. The lowest BCUT2D eigenvalue weighted by Gasteiger charge is -2.25. The van der Waals surface area contributed by atoms with E-state index in [2.05, 4.69) is 201 Å². The first-order chi connectivity index (χ1) is 33.1. The summed E-state index contributed by atoms with van der Waals surface area (Å²) in [5, 5.41) is 2.13. The minimum atomic E-state index is 0.233. The highest BCUT2D eigenvalue weighted by Gasteiger charge is 2.30. The Morgan fingerprint density at radius 1 is 0.478 bits per heavy atom. The van der Waals surface area contributed by atoms with Crippen LogP contribution in [0, 0.1) is 0 Å². The van der Waals surface area contributed by atoms with Crippen molar-refractivity contribution in [3.8, 4) is 44.8 Å². The van der Waals surface area contributed by atoms with Gasteiger partial charge in [0.1, 0.15) is 11.2 Å². The van der Waals surface area contributed by atoms with Crippen molar-refractivity contribution in [1.29, 1.82) is 0 Å². The molecule has 0 saturated heterocycles. The molecule has 0 bridgehead atoms. The molecule has 2 unspecified atom stereocenters. The van der Waals surface area contributed by atoms with E-state index >= 15 is 0 Å². The van der Waals surface area contributed by atoms with Crippen molar-refractivity contribution in [2.75, 3.05) is 0 Å². The van der Waals surface area contributed by atoms with Crippen LogP contribution in [0.5, 0.6) is 0 Å². The summed E-state index contributed by atoms with van der Waals surface area (Å²) in [4.78, 5) is 15.9. The Hall–Kier alpha value is -8.21. The molecule has 0 saturated carbocycles. The van der Waals surface area contributed by atoms with Crippen LogP contribution in [-0.4, -0.2) is 16.5 Å². The predicted molar refractivity (Wildman–Crippen MR) is 278 cm³/mol. The summed E-state index contributed by atoms with van der Waals surface area (Å²) in [6.45, 7) is 2.41. The molecule has 12 rings (SSSR count). The molecule has 2 aliphatic rings. The quantitative estimate of drug-likeness (QED) is 0.160. The van der Waals surface area contributed by atoms with Gasteiger partial charge in [-0.05, 0) is 112 Å². The maximum absolute atomic E-state index is 6.60. The van der Waals surface area contributed by atoms with E-state index in [9.17, 15) is 0 Å². The van der Waals surface area contributed by atoms with Crippen molar-refractivity contribution in [2.45, 2.75) is 38.0 Å². The standard InChI is InChI=1S/C63H47N3O/c1-41-50-34-32-46(36-54(50)51-27-15-14-26-48(51)38-53(41)49-39-58(43-20-8-3-9-21-43)64-59(40-49)44-22-10-4-11-23-44)47-33-35-60-55(37-47)62-52(28-16-31-61(62)67-60)57-30-17-29-56(42-18-6-2-7-19-42)65-63(66-57)45-24-12-5-13-25-45/h2-16,18-28,30-37,39-41,53H,17,29,38H2,1H3/b57-30-,65-56?,66-63?. The van der Waals surface area contributed by atoms with Crippen molar-refractivity contribution in [3.63, 3.8) is 0 Å². The molecular weight excluding hydrogens is 815 g/mol. The van der Waals surface area contributed by atoms with Crippen molar-refractivity contribution in [2.24, 2.45) is 9.98 Å². The third-order valence-corrected chi connectivity index (χ3v) is 13.7. The van der Waals surface area contributed by atoms with Crippen molar-refractivity contribution in [3.05, 3.63) is 252 Å². The van der Waals surface area contributed by atoms with Gasteiger partial charge in [0.05, 0.1) is 22.8 Å². The number of allylic oxidation sites excluding steroid dienone is 1. The third-order valence-electron chi connectivity index (χ3n) is 13.7. The number of benzene rings is 8. The van der Waals surface area contributed by atoms with Crippen molar-refractivity contribution < 1.29 is 4.42 Å². The molecule has 3 heterocycles. The van der Waals surface area contributed by atoms with E-state index in [1.165, 1.54) is 33.4 Å². The highest BCUT2D eigenvalue weighted by atomic mass is 16.3. The molecule has 8 aromatic carbocycles. The van der Waals surface area contributed by atoms with Crippen LogP contribution in [-0.2, 0) is 6.42 Å². The summed E-state index contributed by atoms with van der Waals surface area (Å²) >= 11 is 0. The first-order valence-corrected chi connectivity index (χ1v) is 23.4. The van der Waals surface area contributed by atoms with Gasteiger partial charge in [-0.25, -0.2) is 15.0 Å². The van der Waals surface area contributed by atoms with Crippen LogP contribution in [0.15, 0.2) is 233 Å². The fraction of sp³-hybridized carbons (Fsp3) is 0.0952. The highest BCUT2D eigenvalue weighted by molar-refractivity contribution is 6.16. The van der Waals surface area contributed by atoms with Gasteiger partial charge in [-0.1, -0.05) is 189 Å². The van der Waals surface area contributed by atoms with Crippen LogP contribution in [0.2, 0.25) is 0 Å². The molecule has 4 nitrogen and oxygen atoms in total. The number of furan rings is 1. The zero-order valence-electron chi connectivity index (χ0n) is 37.3. The molecule has 67 heavy (non-hydrogen) atoms. The molecule has 0 spiro atoms. The fourth-order valence-electron chi connectivity index (χ4n) is 10.3. The average molecular weight is 862 g/mol. The normalized spacial score (nSPS) is 16.7. The second-order valence-corrected chi connectivity index (χ2v) is 17.8. The Bertz CT molecular complexity index is 3490. The molecule has 10 aromatic rings. The molecule has 1 aliphatic heterocycles. The van der Waals surface area contributed by atoms with Gasteiger partial charge in [-0.2, -0.15) is 0 Å². The summed E-state index contributed by atoms with van der Waals surface area (Å²) in [6.07, 6.45) is 4.81. The summed E-state index contributed by atoms with van der Waals surface area (Å²) in [5.74, 6) is 1.17. The van der Waals surface area contributed by atoms with Gasteiger partial charge in [-0.15, -0.1) is 0 Å². The molecule has 0 amide bonds. The van der Waals surface area contributed by atoms with E-state index in [4.69, 9.17) is 19.4 Å². The van der Waals surface area contributed by atoms with Gasteiger partial charge in [0.25, 0.3) is 0 Å². The lowest BCUT2D eigenvalue weighted by Crippen LogP contribution is -2.11. The first-order valence-electron chi connectivity index (χ1n) is 23.4. The van der Waals surface area contributed by atoms with Crippen LogP contribution in [0.1, 0.15) is 65.0 Å². The molecule has 2 aromatic heterocycles. The summed E-state index contributed by atoms with van der Waals surface area (Å²) in [6, 6.07) is 75.7. The van der Waals surface area contributed by atoms with Crippen LogP contribution in [0.4, 0.5) is 0 Å². The van der Waals surface area contributed by atoms with Gasteiger partial charge in [0.15, 0.2) is 5.84 Å². The van der Waals surface area contributed by atoms with Crippen molar-refractivity contribution in [1.82, 2.24) is 4.98 Å². The number of hydrogen-bond acceptors (Lipinski definition) is 4. The minimum Gasteiger partial charge on any atom is -0.456 e. The lowest BCUT2D eigenvalue weighted by atomic mass is 9.79. The second-order valence-electron chi connectivity index (χ2n) is 17.8. The first kappa shape index (κ1) is 40.3. The largest absolute Gasteiger partial charge is 0.456 e. The number of amidine groups is 1. The molecular formula is C63H47N3O. The fourth-order valence-corrected chi connectivity index (χ4v) is 10.3. The van der Waals surface area contributed by atoms with E-state index in [1.807, 2.05) is 24.3 Å². The molecule has 2 atom stereocenters. The highest BCUT2D eigenvalue weighted by Crippen LogP contribution is 2.48. The van der Waals surface area contributed by atoms with E-state index < -0.39 is 0 Å². The van der Waals surface area contributed by atoms with Crippen LogP contribution < -0.4 is 0 Å². The number of nitrogens with zero attached hydrogens (tertiary/aromatic N) is 3. The summed E-state index contributed by atoms with van der Waals surface area (Å²) in [5.41, 5.74) is 20.0. The van der Waals surface area contributed by atoms with Crippen LogP contribution >= 0.6 is 0 Å². The molecule has 0 fully saturated rings. The van der Waals surface area contributed by atoms with Gasteiger partial charge in [-0.3, -0.25) is 0 Å². The SMILES string of the molecule is CC1c2ccc(-c3ccc4oc5cccc(/C6=C/CCC(c7ccccc7)=NC(c7ccccc7)=N6)c5c4c3)cc2-c2ccccc2CC1c1cc(-c2ccccc2)nc(-c2ccccc2)c1. The Labute approximate surface area is 391 Å². The van der Waals surface area contributed by atoms with E-state index in [0.717, 1.165) is 97.4 Å². The zero-order chi connectivity index (χ0) is 44.7. The summed E-state index contributed by atoms with van der Waals surface area (Å²) < 4.78 is 6.60. The minimum absolute atomic E-state index is 0.233. The van der Waals surface area contributed by atoms with Gasteiger partial charge in [0.2, 0.25) is 0 Å². The number of fused-ring (bicyclic) bond motifs is 6. The van der Waals surface area contributed by atoms with Gasteiger partial charge in [0, 0.05) is 33.0 Å². The average Bonchev–Trinajstić information content (AvgIpc) is 3.71. The molecule has 0 N–H and O–H groups in total. The monoisotopic (exact) mass is 861 g/mol. The number of pyridine rings is 1. The Morgan fingerprint density at radius 3 is 1.81 bits per heavy atom. The van der Waals surface area contributed by atoms with Crippen molar-refractivity contribution >= 4 is 39.2 Å². The molecule has 1 aliphatic carbocycles. The zero-order valence-corrected chi connectivity index (χ0v) is 37.3. The van der Waals surface area contributed by atoms with Gasteiger partial charge >= 0.3 is 0 Å². The van der Waals surface area contributed by atoms with Crippen LogP contribution in [0.3, 0.4) is 0 Å². The number of aromatic nitrogens is 1. The Morgan fingerprint density at radius 2 is 1.09 bits per heavy atom. The van der Waals surface area contributed by atoms with E-state index in [-0.39, 0.29) is 11.8 Å². The van der Waals surface area contributed by atoms with E-state index in [0.29, 0.717) is 5.84 Å². The van der Waals surface area contributed by atoms with Gasteiger partial charge < -0.3 is 4.42 Å².